The average molecular weight is 502 g/mol. The molecule has 0 unspecified atom stereocenters. The fraction of sp³-hybridized carbons (Fsp3) is 0.500. The number of rotatable bonds is 6. The van der Waals surface area contributed by atoms with Gasteiger partial charge in [-0.1, -0.05) is 19.9 Å². The Morgan fingerprint density at radius 2 is 1.89 bits per heavy atom. The highest BCUT2D eigenvalue weighted by atomic mass is 16.5. The molecular formula is C28H35N7O2. The first-order valence-electron chi connectivity index (χ1n) is 13.4. The van der Waals surface area contributed by atoms with Gasteiger partial charge in [-0.05, 0) is 55.2 Å². The van der Waals surface area contributed by atoms with Crippen LogP contribution >= 0.6 is 0 Å². The first kappa shape index (κ1) is 24.1. The molecule has 1 saturated carbocycles. The van der Waals surface area contributed by atoms with Crippen LogP contribution < -0.4 is 4.74 Å². The molecular weight excluding hydrogens is 466 g/mol. The van der Waals surface area contributed by atoms with Crippen LogP contribution in [0.1, 0.15) is 62.5 Å². The van der Waals surface area contributed by atoms with Crippen molar-refractivity contribution in [2.24, 2.45) is 0 Å². The van der Waals surface area contributed by atoms with Crippen molar-refractivity contribution in [1.82, 2.24) is 34.7 Å². The summed E-state index contributed by atoms with van der Waals surface area (Å²) >= 11 is 0. The Hall–Kier alpha value is -3.30. The van der Waals surface area contributed by atoms with Crippen molar-refractivity contribution in [3.8, 4) is 28.4 Å². The van der Waals surface area contributed by atoms with Crippen molar-refractivity contribution >= 4 is 5.65 Å². The number of hydrogen-bond donors (Lipinski definition) is 1. The third-order valence-corrected chi connectivity index (χ3v) is 7.99. The van der Waals surface area contributed by atoms with Crippen molar-refractivity contribution in [3.05, 3.63) is 48.0 Å². The molecule has 5 heterocycles. The van der Waals surface area contributed by atoms with Crippen molar-refractivity contribution in [1.29, 1.82) is 0 Å². The fourth-order valence-corrected chi connectivity index (χ4v) is 6.01. The molecule has 0 aromatic carbocycles. The lowest BCUT2D eigenvalue weighted by molar-refractivity contribution is 0.00729. The molecule has 4 aromatic heterocycles. The molecule has 2 aliphatic rings. The number of aromatic amines is 1. The molecule has 1 saturated heterocycles. The number of nitrogens with zero attached hydrogens (tertiary/aromatic N) is 6. The lowest BCUT2D eigenvalue weighted by atomic mass is 9.81. The molecule has 6 rings (SSSR count). The van der Waals surface area contributed by atoms with Gasteiger partial charge >= 0.3 is 0 Å². The Morgan fingerprint density at radius 1 is 1.08 bits per heavy atom. The van der Waals surface area contributed by atoms with E-state index in [9.17, 15) is 0 Å². The van der Waals surface area contributed by atoms with E-state index in [0.29, 0.717) is 23.4 Å². The number of methoxy groups -OCH3 is 1. The van der Waals surface area contributed by atoms with Gasteiger partial charge in [-0.15, -0.1) is 0 Å². The summed E-state index contributed by atoms with van der Waals surface area (Å²) in [5.74, 6) is 1.50. The van der Waals surface area contributed by atoms with E-state index in [1.807, 2.05) is 12.3 Å². The van der Waals surface area contributed by atoms with Crippen LogP contribution in [0.25, 0.3) is 28.3 Å². The maximum atomic E-state index is 5.57. The van der Waals surface area contributed by atoms with Gasteiger partial charge in [0.15, 0.2) is 11.4 Å². The number of pyridine rings is 2. The van der Waals surface area contributed by atoms with Gasteiger partial charge < -0.3 is 9.47 Å². The van der Waals surface area contributed by atoms with Crippen LogP contribution in [-0.4, -0.2) is 74.1 Å². The van der Waals surface area contributed by atoms with Gasteiger partial charge in [-0.2, -0.15) is 10.2 Å². The molecule has 0 amide bonds. The summed E-state index contributed by atoms with van der Waals surface area (Å²) < 4.78 is 12.8. The van der Waals surface area contributed by atoms with Gasteiger partial charge in [0, 0.05) is 42.7 Å². The highest BCUT2D eigenvalue weighted by Gasteiger charge is 2.28. The van der Waals surface area contributed by atoms with Crippen molar-refractivity contribution in [3.63, 3.8) is 0 Å². The lowest BCUT2D eigenvalue weighted by Crippen LogP contribution is -2.44. The quantitative estimate of drug-likeness (QED) is 0.410. The van der Waals surface area contributed by atoms with Gasteiger partial charge in [-0.25, -0.2) is 9.50 Å². The predicted molar refractivity (Wildman–Crippen MR) is 142 cm³/mol. The smallest absolute Gasteiger partial charge is 0.197 e. The standard InChI is InChI=1S/C28H35N7O2/c1-18(2)25-26(21-14-24(36-3)28-30-17-31-35(28)16-21)32-33-27(25)23-9-6-20(15-29-23)19-4-7-22(8-5-19)34-10-12-37-13-11-34/h6,9,14-19,22H,4-5,7-8,10-13H2,1-3H3,(H,32,33). The van der Waals surface area contributed by atoms with E-state index in [1.54, 1.807) is 11.6 Å². The monoisotopic (exact) mass is 501 g/mol. The second-order valence-electron chi connectivity index (χ2n) is 10.5. The zero-order chi connectivity index (χ0) is 25.4. The van der Waals surface area contributed by atoms with Crippen molar-refractivity contribution in [2.45, 2.75) is 57.4 Å². The lowest BCUT2D eigenvalue weighted by Gasteiger charge is -2.38. The molecule has 0 spiro atoms. The minimum absolute atomic E-state index is 0.248. The van der Waals surface area contributed by atoms with E-state index in [4.69, 9.17) is 19.6 Å². The zero-order valence-electron chi connectivity index (χ0n) is 21.9. The molecule has 9 nitrogen and oxygen atoms in total. The van der Waals surface area contributed by atoms with E-state index in [1.165, 1.54) is 37.6 Å². The third kappa shape index (κ3) is 4.62. The summed E-state index contributed by atoms with van der Waals surface area (Å²) in [5.41, 5.74) is 6.85. The maximum absolute atomic E-state index is 5.57. The number of aromatic nitrogens is 6. The van der Waals surface area contributed by atoms with Crippen molar-refractivity contribution in [2.75, 3.05) is 33.4 Å². The van der Waals surface area contributed by atoms with Crippen LogP contribution in [-0.2, 0) is 4.74 Å². The van der Waals surface area contributed by atoms with E-state index in [-0.39, 0.29) is 5.92 Å². The minimum atomic E-state index is 0.248. The summed E-state index contributed by atoms with van der Waals surface area (Å²) in [4.78, 5) is 11.8. The minimum Gasteiger partial charge on any atom is -0.493 e. The first-order chi connectivity index (χ1) is 18.1. The van der Waals surface area contributed by atoms with Crippen LogP contribution in [0.4, 0.5) is 0 Å². The van der Waals surface area contributed by atoms with Crippen LogP contribution in [0.3, 0.4) is 0 Å². The Balaban J connectivity index is 1.23. The van der Waals surface area contributed by atoms with Gasteiger partial charge in [0.25, 0.3) is 0 Å². The van der Waals surface area contributed by atoms with Crippen LogP contribution in [0.5, 0.6) is 5.75 Å². The number of hydrogen-bond acceptors (Lipinski definition) is 7. The molecule has 37 heavy (non-hydrogen) atoms. The normalized spacial score (nSPS) is 21.1. The second-order valence-corrected chi connectivity index (χ2v) is 10.5. The molecule has 4 aromatic rings. The molecule has 1 N–H and O–H groups in total. The van der Waals surface area contributed by atoms with Crippen LogP contribution in [0.15, 0.2) is 36.9 Å². The number of H-pyrrole nitrogens is 1. The average Bonchev–Trinajstić information content (AvgIpc) is 3.61. The van der Waals surface area contributed by atoms with Gasteiger partial charge in [0.2, 0.25) is 0 Å². The maximum Gasteiger partial charge on any atom is 0.197 e. The molecule has 1 aliphatic carbocycles. The third-order valence-electron chi connectivity index (χ3n) is 7.99. The van der Waals surface area contributed by atoms with E-state index in [0.717, 1.165) is 54.5 Å². The van der Waals surface area contributed by atoms with E-state index >= 15 is 0 Å². The van der Waals surface area contributed by atoms with Crippen molar-refractivity contribution < 1.29 is 9.47 Å². The Kier molecular flexibility index (Phi) is 6.65. The molecule has 0 atom stereocenters. The van der Waals surface area contributed by atoms with Gasteiger partial charge in [0.1, 0.15) is 12.0 Å². The summed E-state index contributed by atoms with van der Waals surface area (Å²) in [6.45, 7) is 8.28. The number of morpholine rings is 1. The number of fused-ring (bicyclic) bond motifs is 1. The van der Waals surface area contributed by atoms with E-state index in [2.05, 4.69) is 52.3 Å². The highest BCUT2D eigenvalue weighted by Crippen LogP contribution is 2.38. The van der Waals surface area contributed by atoms with Crippen LogP contribution in [0, 0.1) is 0 Å². The number of ether oxygens (including phenoxy) is 2. The highest BCUT2D eigenvalue weighted by molar-refractivity contribution is 5.75. The Morgan fingerprint density at radius 3 is 2.59 bits per heavy atom. The van der Waals surface area contributed by atoms with Crippen LogP contribution in [0.2, 0.25) is 0 Å². The Bertz CT molecular complexity index is 1350. The zero-order valence-corrected chi connectivity index (χ0v) is 21.9. The molecule has 9 heteroatoms. The predicted octanol–water partition coefficient (Wildman–Crippen LogP) is 4.67. The molecule has 1 aliphatic heterocycles. The molecule has 194 valence electrons. The molecule has 0 bridgehead atoms. The summed E-state index contributed by atoms with van der Waals surface area (Å²) in [6, 6.07) is 7.08. The number of nitrogens with one attached hydrogen (secondary N) is 1. The van der Waals surface area contributed by atoms with E-state index < -0.39 is 0 Å². The van der Waals surface area contributed by atoms with Gasteiger partial charge in [-0.3, -0.25) is 15.0 Å². The molecule has 2 fully saturated rings. The topological polar surface area (TPSA) is 93.5 Å². The molecule has 0 radical (unpaired) electrons. The first-order valence-corrected chi connectivity index (χ1v) is 13.4. The summed E-state index contributed by atoms with van der Waals surface area (Å²) in [6.07, 6.45) is 10.5. The van der Waals surface area contributed by atoms with Gasteiger partial charge in [0.05, 0.1) is 31.7 Å². The SMILES string of the molecule is COc1cc(-c2[nH]nc(-c3ccc(C4CCC(N5CCOCC5)CC4)cn3)c2C(C)C)cn2ncnc12. The summed E-state index contributed by atoms with van der Waals surface area (Å²) in [5, 5.41) is 12.3. The second kappa shape index (κ2) is 10.2. The Labute approximate surface area is 217 Å². The largest absolute Gasteiger partial charge is 0.493 e. The fourth-order valence-electron chi connectivity index (χ4n) is 6.01. The summed E-state index contributed by atoms with van der Waals surface area (Å²) in [7, 11) is 1.65.